The maximum absolute atomic E-state index is 10.4. The Balaban J connectivity index is 1.76. The Morgan fingerprint density at radius 3 is 2.81 bits per heavy atom. The fraction of sp³-hybridized carbons (Fsp3) is 0.800. The summed E-state index contributed by atoms with van der Waals surface area (Å²) in [5, 5.41) is 9.28. The molecule has 0 bridgehead atoms. The zero-order valence-corrected chi connectivity index (χ0v) is 9.91. The smallest absolute Gasteiger partial charge is 0.155 e. The van der Waals surface area contributed by atoms with Gasteiger partial charge < -0.3 is 5.32 Å². The summed E-state index contributed by atoms with van der Waals surface area (Å²) in [5.74, 6) is 0. The first-order valence-corrected chi connectivity index (χ1v) is 6.08. The van der Waals surface area contributed by atoms with Crippen molar-refractivity contribution in [2.24, 2.45) is 5.18 Å². The van der Waals surface area contributed by atoms with Crippen LogP contribution >= 0.6 is 11.6 Å². The first kappa shape index (κ1) is 11.8. The van der Waals surface area contributed by atoms with Crippen molar-refractivity contribution in [1.29, 1.82) is 0 Å². The van der Waals surface area contributed by atoms with E-state index in [0.717, 1.165) is 39.0 Å². The molecule has 0 spiro atoms. The first-order valence-electron chi connectivity index (χ1n) is 5.64. The molecule has 0 amide bonds. The lowest BCUT2D eigenvalue weighted by Gasteiger charge is -2.31. The third-order valence-corrected chi connectivity index (χ3v) is 3.36. The molecule has 2 heterocycles. The summed E-state index contributed by atoms with van der Waals surface area (Å²) in [6, 6.07) is 0.0278. The Kier molecular flexibility index (Phi) is 4.15. The Bertz CT molecular complexity index is 276. The minimum Gasteiger partial charge on any atom is -0.363 e. The minimum absolute atomic E-state index is 0.0278. The zero-order chi connectivity index (χ0) is 11.4. The summed E-state index contributed by atoms with van der Waals surface area (Å²) < 4.78 is 0. The van der Waals surface area contributed by atoms with E-state index in [2.05, 4.69) is 20.7 Å². The van der Waals surface area contributed by atoms with Gasteiger partial charge in [-0.25, -0.2) is 0 Å². The van der Waals surface area contributed by atoms with Gasteiger partial charge in [0.25, 0.3) is 0 Å². The van der Waals surface area contributed by atoms with Crippen LogP contribution in [0, 0.1) is 4.91 Å². The SMILES string of the molecule is O=NC1CCN(CC2=CNC(Cl)NC2)CC1. The first-order chi connectivity index (χ1) is 7.78. The number of halogens is 1. The molecule has 2 aliphatic heterocycles. The van der Waals surface area contributed by atoms with E-state index in [4.69, 9.17) is 11.6 Å². The number of alkyl halides is 1. The quantitative estimate of drug-likeness (QED) is 0.438. The van der Waals surface area contributed by atoms with Gasteiger partial charge in [-0.2, -0.15) is 4.91 Å². The van der Waals surface area contributed by atoms with Crippen molar-refractivity contribution < 1.29 is 0 Å². The molecule has 0 aromatic rings. The van der Waals surface area contributed by atoms with E-state index in [1.165, 1.54) is 5.57 Å². The van der Waals surface area contributed by atoms with Gasteiger partial charge in [0.2, 0.25) is 0 Å². The van der Waals surface area contributed by atoms with Crippen molar-refractivity contribution in [3.63, 3.8) is 0 Å². The van der Waals surface area contributed by atoms with E-state index in [9.17, 15) is 4.91 Å². The third kappa shape index (κ3) is 3.17. The zero-order valence-electron chi connectivity index (χ0n) is 9.16. The highest BCUT2D eigenvalue weighted by Crippen LogP contribution is 2.14. The minimum atomic E-state index is -0.159. The number of hydrogen-bond donors (Lipinski definition) is 2. The van der Waals surface area contributed by atoms with E-state index >= 15 is 0 Å². The summed E-state index contributed by atoms with van der Waals surface area (Å²) >= 11 is 5.84. The summed E-state index contributed by atoms with van der Waals surface area (Å²) in [4.78, 5) is 12.7. The van der Waals surface area contributed by atoms with Crippen LogP contribution in [0.3, 0.4) is 0 Å². The van der Waals surface area contributed by atoms with Crippen LogP contribution in [0.25, 0.3) is 0 Å². The second-order valence-corrected chi connectivity index (χ2v) is 4.76. The molecule has 0 saturated carbocycles. The molecule has 16 heavy (non-hydrogen) atoms. The number of nitrogens with zero attached hydrogens (tertiary/aromatic N) is 2. The molecule has 2 N–H and O–H groups in total. The lowest BCUT2D eigenvalue weighted by Crippen LogP contribution is -2.44. The van der Waals surface area contributed by atoms with Crippen molar-refractivity contribution in [2.45, 2.75) is 24.5 Å². The van der Waals surface area contributed by atoms with Gasteiger partial charge >= 0.3 is 0 Å². The van der Waals surface area contributed by atoms with Crippen LogP contribution in [-0.4, -0.2) is 42.7 Å². The highest BCUT2D eigenvalue weighted by molar-refractivity contribution is 6.20. The van der Waals surface area contributed by atoms with E-state index in [1.54, 1.807) is 0 Å². The number of rotatable bonds is 3. The predicted molar refractivity (Wildman–Crippen MR) is 64.1 cm³/mol. The lowest BCUT2D eigenvalue weighted by atomic mass is 10.1. The van der Waals surface area contributed by atoms with Crippen LogP contribution < -0.4 is 10.6 Å². The van der Waals surface area contributed by atoms with Crippen LogP contribution in [0.5, 0.6) is 0 Å². The predicted octanol–water partition coefficient (Wildman–Crippen LogP) is 0.816. The second kappa shape index (κ2) is 5.61. The van der Waals surface area contributed by atoms with E-state index in [0.29, 0.717) is 0 Å². The summed E-state index contributed by atoms with van der Waals surface area (Å²) in [6.07, 6.45) is 3.75. The number of hydrogen-bond acceptors (Lipinski definition) is 5. The van der Waals surface area contributed by atoms with Crippen molar-refractivity contribution in [2.75, 3.05) is 26.2 Å². The average molecular weight is 245 g/mol. The van der Waals surface area contributed by atoms with Crippen LogP contribution in [-0.2, 0) is 0 Å². The number of nitroso groups, excluding NO2 is 1. The Labute approximate surface area is 100 Å². The molecule has 1 saturated heterocycles. The van der Waals surface area contributed by atoms with Gasteiger partial charge in [0.1, 0.15) is 0 Å². The van der Waals surface area contributed by atoms with Crippen LogP contribution in [0.2, 0.25) is 0 Å². The van der Waals surface area contributed by atoms with E-state index in [1.807, 2.05) is 6.20 Å². The van der Waals surface area contributed by atoms with Crippen LogP contribution in [0.1, 0.15) is 12.8 Å². The average Bonchev–Trinajstić information content (AvgIpc) is 2.33. The maximum Gasteiger partial charge on any atom is 0.155 e. The summed E-state index contributed by atoms with van der Waals surface area (Å²) in [6.45, 7) is 3.68. The van der Waals surface area contributed by atoms with Gasteiger partial charge in [0.05, 0.1) is 6.04 Å². The topological polar surface area (TPSA) is 56.7 Å². The molecule has 0 radical (unpaired) electrons. The number of likely N-dealkylation sites (tertiary alicyclic amines) is 1. The standard InChI is InChI=1S/C10H17ClN4O/c11-10-12-5-8(6-13-10)7-15-3-1-9(14-16)2-4-15/h5,9-10,12-13H,1-4,6-7H2. The maximum atomic E-state index is 10.4. The van der Waals surface area contributed by atoms with Gasteiger partial charge in [0.15, 0.2) is 5.62 Å². The van der Waals surface area contributed by atoms with Crippen molar-refractivity contribution in [1.82, 2.24) is 15.5 Å². The summed E-state index contributed by atoms with van der Waals surface area (Å²) in [5.41, 5.74) is 1.14. The third-order valence-electron chi connectivity index (χ3n) is 3.07. The molecule has 1 unspecified atom stereocenters. The molecule has 0 aromatic heterocycles. The van der Waals surface area contributed by atoms with Gasteiger partial charge in [0, 0.05) is 32.4 Å². The Morgan fingerprint density at radius 1 is 1.50 bits per heavy atom. The highest BCUT2D eigenvalue weighted by Gasteiger charge is 2.20. The monoisotopic (exact) mass is 244 g/mol. The molecule has 0 aromatic carbocycles. The van der Waals surface area contributed by atoms with Gasteiger partial charge in [-0.3, -0.25) is 10.2 Å². The fourth-order valence-electron chi connectivity index (χ4n) is 2.09. The molecular weight excluding hydrogens is 228 g/mol. The van der Waals surface area contributed by atoms with Crippen molar-refractivity contribution in [3.8, 4) is 0 Å². The van der Waals surface area contributed by atoms with Gasteiger partial charge in [-0.05, 0) is 18.4 Å². The molecule has 2 rings (SSSR count). The normalized spacial score (nSPS) is 28.3. The van der Waals surface area contributed by atoms with Crippen molar-refractivity contribution >= 4 is 11.6 Å². The molecule has 5 nitrogen and oxygen atoms in total. The van der Waals surface area contributed by atoms with Gasteiger partial charge in [-0.1, -0.05) is 16.8 Å². The molecule has 1 atom stereocenters. The van der Waals surface area contributed by atoms with Gasteiger partial charge in [-0.15, -0.1) is 0 Å². The number of piperidine rings is 1. The molecule has 6 heteroatoms. The number of nitrogens with one attached hydrogen (secondary N) is 2. The van der Waals surface area contributed by atoms with Crippen LogP contribution in [0.4, 0.5) is 0 Å². The largest absolute Gasteiger partial charge is 0.363 e. The van der Waals surface area contributed by atoms with Crippen molar-refractivity contribution in [3.05, 3.63) is 16.7 Å². The highest BCUT2D eigenvalue weighted by atomic mass is 35.5. The Morgan fingerprint density at radius 2 is 2.25 bits per heavy atom. The van der Waals surface area contributed by atoms with Crippen LogP contribution in [0.15, 0.2) is 16.9 Å². The van der Waals surface area contributed by atoms with E-state index < -0.39 is 0 Å². The second-order valence-electron chi connectivity index (χ2n) is 4.33. The summed E-state index contributed by atoms with van der Waals surface area (Å²) in [7, 11) is 0. The molecule has 1 fully saturated rings. The molecular formula is C10H17ClN4O. The molecule has 2 aliphatic rings. The fourth-order valence-corrected chi connectivity index (χ4v) is 2.23. The molecule has 0 aliphatic carbocycles. The molecule has 90 valence electrons. The van der Waals surface area contributed by atoms with E-state index in [-0.39, 0.29) is 11.7 Å². The Hall–Kier alpha value is -0.650. The lowest BCUT2D eigenvalue weighted by molar-refractivity contribution is 0.226.